The summed E-state index contributed by atoms with van der Waals surface area (Å²) in [4.78, 5) is 3.78. The zero-order valence-corrected chi connectivity index (χ0v) is 7.74. The second-order valence-corrected chi connectivity index (χ2v) is 3.03. The maximum absolute atomic E-state index is 13.4. The Hall–Kier alpha value is -1.97. The molecular weight excluding hydrogens is 198 g/mol. The topological polar surface area (TPSA) is 38.9 Å². The van der Waals surface area contributed by atoms with Crippen LogP contribution in [0.5, 0.6) is 0 Å². The molecule has 0 atom stereocenters. The first-order valence-electron chi connectivity index (χ1n) is 4.35. The number of nitrogen functional groups attached to an aromatic ring is 1. The quantitative estimate of drug-likeness (QED) is 0.778. The van der Waals surface area contributed by atoms with Gasteiger partial charge in [-0.3, -0.25) is 0 Å². The molecular formula is C11H8F2N2. The summed E-state index contributed by atoms with van der Waals surface area (Å²) in [5.74, 6) is -1.18. The molecule has 2 aromatic rings. The summed E-state index contributed by atoms with van der Waals surface area (Å²) in [6.07, 6.45) is 1.47. The molecule has 1 aromatic heterocycles. The summed E-state index contributed by atoms with van der Waals surface area (Å²) in [7, 11) is 0. The third-order valence-electron chi connectivity index (χ3n) is 2.07. The number of hydrogen-bond acceptors (Lipinski definition) is 2. The van der Waals surface area contributed by atoms with Crippen LogP contribution < -0.4 is 5.73 Å². The fourth-order valence-corrected chi connectivity index (χ4v) is 1.38. The second-order valence-electron chi connectivity index (χ2n) is 3.03. The number of rotatable bonds is 1. The summed E-state index contributed by atoms with van der Waals surface area (Å²) < 4.78 is 26.8. The Kier molecular flexibility index (Phi) is 2.33. The van der Waals surface area contributed by atoms with Crippen LogP contribution in [0.15, 0.2) is 36.5 Å². The van der Waals surface area contributed by atoms with Crippen LogP contribution in [-0.2, 0) is 0 Å². The molecule has 0 aliphatic rings. The van der Waals surface area contributed by atoms with Crippen molar-refractivity contribution in [3.8, 4) is 11.1 Å². The van der Waals surface area contributed by atoms with Crippen LogP contribution in [0.2, 0.25) is 0 Å². The van der Waals surface area contributed by atoms with Gasteiger partial charge in [-0.25, -0.2) is 13.8 Å². The zero-order valence-electron chi connectivity index (χ0n) is 7.74. The van der Waals surface area contributed by atoms with Gasteiger partial charge in [0, 0.05) is 11.8 Å². The minimum Gasteiger partial charge on any atom is -0.383 e. The van der Waals surface area contributed by atoms with Crippen LogP contribution in [0.1, 0.15) is 0 Å². The molecule has 0 unspecified atom stereocenters. The molecule has 0 spiro atoms. The van der Waals surface area contributed by atoms with Crippen LogP contribution in [0.3, 0.4) is 0 Å². The summed E-state index contributed by atoms with van der Waals surface area (Å²) >= 11 is 0. The summed E-state index contributed by atoms with van der Waals surface area (Å²) in [5, 5.41) is 0. The van der Waals surface area contributed by atoms with Gasteiger partial charge in [-0.2, -0.15) is 0 Å². The third-order valence-corrected chi connectivity index (χ3v) is 2.07. The van der Waals surface area contributed by atoms with Crippen LogP contribution >= 0.6 is 0 Å². The molecule has 0 aliphatic carbocycles. The largest absolute Gasteiger partial charge is 0.383 e. The van der Waals surface area contributed by atoms with E-state index in [0.29, 0.717) is 0 Å². The first kappa shape index (κ1) is 9.58. The summed E-state index contributed by atoms with van der Waals surface area (Å²) in [6, 6.07) is 6.79. The smallest absolute Gasteiger partial charge is 0.134 e. The predicted molar refractivity (Wildman–Crippen MR) is 54.0 cm³/mol. The molecule has 0 saturated carbocycles. The zero-order chi connectivity index (χ0) is 10.8. The van der Waals surface area contributed by atoms with Crippen molar-refractivity contribution in [2.75, 3.05) is 5.73 Å². The van der Waals surface area contributed by atoms with Crippen molar-refractivity contribution in [1.82, 2.24) is 4.98 Å². The fraction of sp³-hybridized carbons (Fsp3) is 0. The van der Waals surface area contributed by atoms with E-state index < -0.39 is 11.6 Å². The fourth-order valence-electron chi connectivity index (χ4n) is 1.38. The highest BCUT2D eigenvalue weighted by Crippen LogP contribution is 2.28. The molecule has 1 aromatic carbocycles. The van der Waals surface area contributed by atoms with Crippen molar-refractivity contribution in [2.45, 2.75) is 0 Å². The third kappa shape index (κ3) is 1.66. The van der Waals surface area contributed by atoms with Gasteiger partial charge >= 0.3 is 0 Å². The standard InChI is InChI=1S/C11H8F2N2/c12-8-4-1-5-9(13)10(8)7-3-2-6-15-11(7)14/h1-6H,(H2,14,15). The first-order chi connectivity index (χ1) is 7.20. The van der Waals surface area contributed by atoms with E-state index in [-0.39, 0.29) is 16.9 Å². The van der Waals surface area contributed by atoms with Crippen molar-refractivity contribution in [3.63, 3.8) is 0 Å². The van der Waals surface area contributed by atoms with Gasteiger partial charge in [-0.1, -0.05) is 6.07 Å². The number of aromatic nitrogens is 1. The monoisotopic (exact) mass is 206 g/mol. The molecule has 4 heteroatoms. The van der Waals surface area contributed by atoms with E-state index in [9.17, 15) is 8.78 Å². The average Bonchev–Trinajstić information content (AvgIpc) is 2.20. The Balaban J connectivity index is 2.69. The molecule has 0 saturated heterocycles. The van der Waals surface area contributed by atoms with E-state index in [2.05, 4.69) is 4.98 Å². The lowest BCUT2D eigenvalue weighted by Gasteiger charge is -2.06. The van der Waals surface area contributed by atoms with Crippen LogP contribution in [0.25, 0.3) is 11.1 Å². The van der Waals surface area contributed by atoms with Gasteiger partial charge in [-0.05, 0) is 24.3 Å². The molecule has 2 N–H and O–H groups in total. The Bertz CT molecular complexity index is 477. The first-order valence-corrected chi connectivity index (χ1v) is 4.35. The Labute approximate surface area is 85.4 Å². The van der Waals surface area contributed by atoms with Gasteiger partial charge in [0.25, 0.3) is 0 Å². The van der Waals surface area contributed by atoms with E-state index in [0.717, 1.165) is 0 Å². The number of pyridine rings is 1. The Morgan fingerprint density at radius 2 is 1.67 bits per heavy atom. The van der Waals surface area contributed by atoms with E-state index in [4.69, 9.17) is 5.73 Å². The van der Waals surface area contributed by atoms with Gasteiger partial charge in [-0.15, -0.1) is 0 Å². The van der Waals surface area contributed by atoms with Crippen molar-refractivity contribution >= 4 is 5.82 Å². The molecule has 15 heavy (non-hydrogen) atoms. The van der Waals surface area contributed by atoms with Gasteiger partial charge in [0.15, 0.2) is 0 Å². The number of hydrogen-bond donors (Lipinski definition) is 1. The second kappa shape index (κ2) is 3.65. The lowest BCUT2D eigenvalue weighted by Crippen LogP contribution is -1.97. The van der Waals surface area contributed by atoms with Crippen molar-refractivity contribution in [2.24, 2.45) is 0 Å². The maximum atomic E-state index is 13.4. The average molecular weight is 206 g/mol. The Morgan fingerprint density at radius 1 is 1.00 bits per heavy atom. The molecule has 0 radical (unpaired) electrons. The van der Waals surface area contributed by atoms with Crippen molar-refractivity contribution in [3.05, 3.63) is 48.2 Å². The summed E-state index contributed by atoms with van der Waals surface area (Å²) in [5.41, 5.74) is 5.68. The number of nitrogens with two attached hydrogens (primary N) is 1. The van der Waals surface area contributed by atoms with Crippen LogP contribution in [0.4, 0.5) is 14.6 Å². The van der Waals surface area contributed by atoms with Crippen LogP contribution in [-0.4, -0.2) is 4.98 Å². The minimum atomic E-state index is -0.644. The van der Waals surface area contributed by atoms with E-state index in [1.165, 1.54) is 30.5 Å². The molecule has 0 fully saturated rings. The van der Waals surface area contributed by atoms with Crippen LogP contribution in [0, 0.1) is 11.6 Å². The van der Waals surface area contributed by atoms with Crippen molar-refractivity contribution < 1.29 is 8.78 Å². The Morgan fingerprint density at radius 3 is 2.27 bits per heavy atom. The molecule has 0 amide bonds. The number of anilines is 1. The highest BCUT2D eigenvalue weighted by atomic mass is 19.1. The minimum absolute atomic E-state index is 0.113. The molecule has 2 nitrogen and oxygen atoms in total. The van der Waals surface area contributed by atoms with Gasteiger partial charge in [0.1, 0.15) is 17.5 Å². The lowest BCUT2D eigenvalue weighted by molar-refractivity contribution is 0.589. The normalized spacial score (nSPS) is 10.3. The molecule has 0 aliphatic heterocycles. The highest BCUT2D eigenvalue weighted by molar-refractivity contribution is 5.74. The van der Waals surface area contributed by atoms with Gasteiger partial charge in [0.2, 0.25) is 0 Å². The van der Waals surface area contributed by atoms with E-state index in [1.54, 1.807) is 6.07 Å². The number of benzene rings is 1. The highest BCUT2D eigenvalue weighted by Gasteiger charge is 2.13. The molecule has 0 bridgehead atoms. The summed E-state index contributed by atoms with van der Waals surface area (Å²) in [6.45, 7) is 0. The number of nitrogens with zero attached hydrogens (tertiary/aromatic N) is 1. The van der Waals surface area contributed by atoms with Gasteiger partial charge < -0.3 is 5.73 Å². The van der Waals surface area contributed by atoms with Gasteiger partial charge in [0.05, 0.1) is 5.56 Å². The van der Waals surface area contributed by atoms with E-state index >= 15 is 0 Å². The molecule has 76 valence electrons. The SMILES string of the molecule is Nc1ncccc1-c1c(F)cccc1F. The molecule has 1 heterocycles. The van der Waals surface area contributed by atoms with Crippen molar-refractivity contribution in [1.29, 1.82) is 0 Å². The predicted octanol–water partition coefficient (Wildman–Crippen LogP) is 2.61. The lowest BCUT2D eigenvalue weighted by atomic mass is 10.1. The van der Waals surface area contributed by atoms with E-state index in [1.807, 2.05) is 0 Å². The maximum Gasteiger partial charge on any atom is 0.134 e. The number of halogens is 2. The molecule has 2 rings (SSSR count).